The fraction of sp³-hybridized carbons (Fsp3) is 0.714. The lowest BCUT2D eigenvalue weighted by atomic mass is 9.83. The Morgan fingerprint density at radius 3 is 2.44 bits per heavy atom. The quantitative estimate of drug-likeness (QED) is 0.855. The topological polar surface area (TPSA) is 21.3 Å². The summed E-state index contributed by atoms with van der Waals surface area (Å²) < 4.78 is 6.80. The van der Waals surface area contributed by atoms with Crippen LogP contribution in [0.3, 0.4) is 0 Å². The van der Waals surface area contributed by atoms with E-state index in [-0.39, 0.29) is 11.5 Å². The van der Waals surface area contributed by atoms with E-state index < -0.39 is 0 Å². The third-order valence-corrected chi connectivity index (χ3v) is 4.24. The van der Waals surface area contributed by atoms with Gasteiger partial charge in [0.1, 0.15) is 0 Å². The Morgan fingerprint density at radius 2 is 2.06 bits per heavy atom. The van der Waals surface area contributed by atoms with E-state index in [0.29, 0.717) is 6.04 Å². The minimum Gasteiger partial charge on any atom is -0.376 e. The van der Waals surface area contributed by atoms with Crippen LogP contribution >= 0.6 is 22.9 Å². The Balaban J connectivity index is 2.79. The van der Waals surface area contributed by atoms with Crippen molar-refractivity contribution in [2.24, 2.45) is 5.41 Å². The molecule has 1 aromatic heterocycles. The summed E-state index contributed by atoms with van der Waals surface area (Å²) in [4.78, 5) is 1.30. The van der Waals surface area contributed by atoms with Gasteiger partial charge in [-0.1, -0.05) is 32.4 Å². The highest BCUT2D eigenvalue weighted by Gasteiger charge is 2.32. The number of hydrogen-bond donors (Lipinski definition) is 1. The molecular formula is C14H24ClNOS. The average Bonchev–Trinajstić information content (AvgIpc) is 2.67. The summed E-state index contributed by atoms with van der Waals surface area (Å²) >= 11 is 7.63. The maximum atomic E-state index is 5.98. The molecule has 1 N–H and O–H groups in total. The van der Waals surface area contributed by atoms with Gasteiger partial charge in [0, 0.05) is 17.5 Å². The van der Waals surface area contributed by atoms with Gasteiger partial charge in [-0.25, -0.2) is 0 Å². The highest BCUT2D eigenvalue weighted by atomic mass is 35.5. The van der Waals surface area contributed by atoms with Gasteiger partial charge in [-0.3, -0.25) is 0 Å². The van der Waals surface area contributed by atoms with E-state index in [2.05, 4.69) is 32.2 Å². The minimum absolute atomic E-state index is 0.116. The number of ether oxygens (including phenoxy) is 1. The second-order valence-corrected chi connectivity index (χ2v) is 7.35. The standard InChI is InChI=1S/C14H24ClNOS/c1-6-17-13(14(2,3)4)11(16-5)9-10-7-8-12(15)18-10/h7-8,11,13,16H,6,9H2,1-5H3. The summed E-state index contributed by atoms with van der Waals surface area (Å²) in [5, 5.41) is 3.39. The second-order valence-electron chi connectivity index (χ2n) is 5.55. The van der Waals surface area contributed by atoms with Crippen LogP contribution in [0.5, 0.6) is 0 Å². The van der Waals surface area contributed by atoms with Gasteiger partial charge in [0.25, 0.3) is 0 Å². The number of nitrogens with one attached hydrogen (secondary N) is 1. The smallest absolute Gasteiger partial charge is 0.0931 e. The van der Waals surface area contributed by atoms with Gasteiger partial charge >= 0.3 is 0 Å². The molecule has 1 rings (SSSR count). The van der Waals surface area contributed by atoms with Crippen molar-refractivity contribution in [3.63, 3.8) is 0 Å². The predicted molar refractivity (Wildman–Crippen MR) is 80.7 cm³/mol. The van der Waals surface area contributed by atoms with Crippen LogP contribution in [0.15, 0.2) is 12.1 Å². The summed E-state index contributed by atoms with van der Waals surface area (Å²) in [7, 11) is 2.00. The van der Waals surface area contributed by atoms with E-state index >= 15 is 0 Å². The SMILES string of the molecule is CCOC(C(Cc1ccc(Cl)s1)NC)C(C)(C)C. The van der Waals surface area contributed by atoms with Crippen molar-refractivity contribution in [3.8, 4) is 0 Å². The fourth-order valence-electron chi connectivity index (χ4n) is 2.19. The van der Waals surface area contributed by atoms with E-state index in [9.17, 15) is 0 Å². The van der Waals surface area contributed by atoms with E-state index in [0.717, 1.165) is 17.4 Å². The lowest BCUT2D eigenvalue weighted by Gasteiger charge is -2.36. The summed E-state index contributed by atoms with van der Waals surface area (Å²) in [6.07, 6.45) is 1.14. The third kappa shape index (κ3) is 4.54. The molecule has 0 bridgehead atoms. The molecule has 0 aliphatic heterocycles. The molecule has 104 valence electrons. The van der Waals surface area contributed by atoms with Crippen molar-refractivity contribution >= 4 is 22.9 Å². The number of rotatable bonds is 6. The normalized spacial score (nSPS) is 15.7. The van der Waals surface area contributed by atoms with Gasteiger partial charge in [0.2, 0.25) is 0 Å². The van der Waals surface area contributed by atoms with E-state index in [1.54, 1.807) is 11.3 Å². The first-order valence-electron chi connectivity index (χ1n) is 6.41. The molecule has 2 nitrogen and oxygen atoms in total. The van der Waals surface area contributed by atoms with E-state index in [1.807, 2.05) is 20.0 Å². The number of likely N-dealkylation sites (N-methyl/N-ethyl adjacent to an activating group) is 1. The lowest BCUT2D eigenvalue weighted by molar-refractivity contribution is -0.0339. The molecule has 0 radical (unpaired) electrons. The van der Waals surface area contributed by atoms with Crippen LogP contribution in [0.2, 0.25) is 4.34 Å². The van der Waals surface area contributed by atoms with Crippen molar-refractivity contribution < 1.29 is 4.74 Å². The van der Waals surface area contributed by atoms with Crippen LogP contribution in [-0.2, 0) is 11.2 Å². The molecule has 2 atom stereocenters. The molecule has 0 amide bonds. The Kier molecular flexibility index (Phi) is 6.12. The monoisotopic (exact) mass is 289 g/mol. The molecule has 4 heteroatoms. The van der Waals surface area contributed by atoms with Crippen LogP contribution in [0, 0.1) is 5.41 Å². The lowest BCUT2D eigenvalue weighted by Crippen LogP contribution is -2.48. The van der Waals surface area contributed by atoms with Gasteiger partial charge in [-0.2, -0.15) is 0 Å². The predicted octanol–water partition coefficient (Wildman–Crippen LogP) is 3.98. The fourth-order valence-corrected chi connectivity index (χ4v) is 3.33. The molecule has 18 heavy (non-hydrogen) atoms. The van der Waals surface area contributed by atoms with Crippen LogP contribution in [0.1, 0.15) is 32.6 Å². The zero-order valence-electron chi connectivity index (χ0n) is 11.9. The molecule has 2 unspecified atom stereocenters. The Morgan fingerprint density at radius 1 is 1.39 bits per heavy atom. The molecule has 1 heterocycles. The summed E-state index contributed by atoms with van der Waals surface area (Å²) in [6.45, 7) is 9.45. The Bertz CT molecular complexity index is 359. The Hall–Kier alpha value is -0.0900. The van der Waals surface area contributed by atoms with Gasteiger partial charge < -0.3 is 10.1 Å². The van der Waals surface area contributed by atoms with Gasteiger partial charge in [0.15, 0.2) is 0 Å². The van der Waals surface area contributed by atoms with Crippen LogP contribution in [0.25, 0.3) is 0 Å². The Labute approximate surface area is 120 Å². The first-order chi connectivity index (χ1) is 8.38. The largest absolute Gasteiger partial charge is 0.376 e. The van der Waals surface area contributed by atoms with Crippen molar-refractivity contribution in [1.82, 2.24) is 5.32 Å². The van der Waals surface area contributed by atoms with Crippen molar-refractivity contribution in [2.75, 3.05) is 13.7 Å². The molecule has 0 spiro atoms. The van der Waals surface area contributed by atoms with Crippen molar-refractivity contribution in [1.29, 1.82) is 0 Å². The highest BCUT2D eigenvalue weighted by molar-refractivity contribution is 7.16. The van der Waals surface area contributed by atoms with E-state index in [4.69, 9.17) is 16.3 Å². The number of halogens is 1. The maximum Gasteiger partial charge on any atom is 0.0931 e. The summed E-state index contributed by atoms with van der Waals surface area (Å²) in [5.41, 5.74) is 0.116. The summed E-state index contributed by atoms with van der Waals surface area (Å²) in [5.74, 6) is 0. The molecule has 0 fully saturated rings. The summed E-state index contributed by atoms with van der Waals surface area (Å²) in [6, 6.07) is 4.36. The zero-order chi connectivity index (χ0) is 13.8. The van der Waals surface area contributed by atoms with Gasteiger partial charge in [0.05, 0.1) is 10.4 Å². The second kappa shape index (κ2) is 6.90. The third-order valence-electron chi connectivity index (χ3n) is 2.99. The van der Waals surface area contributed by atoms with Gasteiger partial charge in [-0.05, 0) is 37.9 Å². The van der Waals surface area contributed by atoms with Gasteiger partial charge in [-0.15, -0.1) is 11.3 Å². The molecule has 1 aromatic rings. The van der Waals surface area contributed by atoms with E-state index in [1.165, 1.54) is 4.88 Å². The minimum atomic E-state index is 0.116. The molecule has 0 aliphatic rings. The van der Waals surface area contributed by atoms with Crippen LogP contribution in [0.4, 0.5) is 0 Å². The molecular weight excluding hydrogens is 266 g/mol. The number of thiophene rings is 1. The zero-order valence-corrected chi connectivity index (χ0v) is 13.5. The number of hydrogen-bond acceptors (Lipinski definition) is 3. The average molecular weight is 290 g/mol. The van der Waals surface area contributed by atoms with Crippen molar-refractivity contribution in [2.45, 2.75) is 46.3 Å². The first kappa shape index (κ1) is 16.0. The van der Waals surface area contributed by atoms with Crippen LogP contribution < -0.4 is 5.32 Å². The molecule has 0 saturated heterocycles. The van der Waals surface area contributed by atoms with Crippen molar-refractivity contribution in [3.05, 3.63) is 21.3 Å². The molecule has 0 aliphatic carbocycles. The maximum absolute atomic E-state index is 5.98. The molecule has 0 saturated carbocycles. The van der Waals surface area contributed by atoms with Crippen LogP contribution in [-0.4, -0.2) is 25.8 Å². The first-order valence-corrected chi connectivity index (χ1v) is 7.61. The highest BCUT2D eigenvalue weighted by Crippen LogP contribution is 2.29. The molecule has 0 aromatic carbocycles.